The van der Waals surface area contributed by atoms with Gasteiger partial charge >= 0.3 is 5.97 Å². The summed E-state index contributed by atoms with van der Waals surface area (Å²) in [4.78, 5) is 25.4. The number of nitrogens with one attached hydrogen (secondary N) is 2. The van der Waals surface area contributed by atoms with Crippen molar-refractivity contribution in [2.24, 2.45) is 0 Å². The van der Waals surface area contributed by atoms with Gasteiger partial charge in [-0.05, 0) is 18.6 Å². The molecule has 0 aliphatic carbocycles. The van der Waals surface area contributed by atoms with E-state index in [0.29, 0.717) is 18.7 Å². The van der Waals surface area contributed by atoms with Crippen LogP contribution in [0.5, 0.6) is 0 Å². The highest BCUT2D eigenvalue weighted by Gasteiger charge is 2.20. The SMILES string of the molecule is O=C1CCC(CNc2ccnc(C(=O)O)c2)N1. The number of carboxylic acid groups (broad SMARTS) is 1. The smallest absolute Gasteiger partial charge is 0.354 e. The third kappa shape index (κ3) is 2.93. The number of amides is 1. The predicted octanol–water partition coefficient (Wildman–Crippen LogP) is 0.470. The van der Waals surface area contributed by atoms with Crippen molar-refractivity contribution in [3.8, 4) is 0 Å². The minimum absolute atomic E-state index is 0.00505. The molecule has 6 nitrogen and oxygen atoms in total. The first-order chi connectivity index (χ1) is 8.15. The molecule has 0 spiro atoms. The maximum Gasteiger partial charge on any atom is 0.354 e. The number of aromatic carboxylic acids is 1. The molecule has 1 aromatic rings. The van der Waals surface area contributed by atoms with Crippen LogP contribution in [0.15, 0.2) is 18.3 Å². The summed E-state index contributed by atoms with van der Waals surface area (Å²) in [7, 11) is 0. The van der Waals surface area contributed by atoms with Crippen molar-refractivity contribution in [2.75, 3.05) is 11.9 Å². The number of nitrogens with zero attached hydrogens (tertiary/aromatic N) is 1. The monoisotopic (exact) mass is 235 g/mol. The molecule has 6 heteroatoms. The lowest BCUT2D eigenvalue weighted by atomic mass is 10.2. The third-order valence-corrected chi connectivity index (χ3v) is 2.62. The molecule has 17 heavy (non-hydrogen) atoms. The molecule has 1 aliphatic rings. The summed E-state index contributed by atoms with van der Waals surface area (Å²) in [6.07, 6.45) is 2.81. The van der Waals surface area contributed by atoms with Gasteiger partial charge in [0.15, 0.2) is 0 Å². The van der Waals surface area contributed by atoms with Crippen LogP contribution in [0.25, 0.3) is 0 Å². The number of pyridine rings is 1. The van der Waals surface area contributed by atoms with E-state index in [1.54, 1.807) is 6.07 Å². The van der Waals surface area contributed by atoms with E-state index in [1.807, 2.05) is 0 Å². The maximum atomic E-state index is 11.0. The predicted molar refractivity (Wildman–Crippen MR) is 60.9 cm³/mol. The van der Waals surface area contributed by atoms with Crippen LogP contribution in [-0.2, 0) is 4.79 Å². The van der Waals surface area contributed by atoms with Crippen molar-refractivity contribution >= 4 is 17.6 Å². The molecule has 2 rings (SSSR count). The molecule has 1 amide bonds. The number of hydrogen-bond acceptors (Lipinski definition) is 4. The fourth-order valence-electron chi connectivity index (χ4n) is 1.73. The zero-order chi connectivity index (χ0) is 12.3. The highest BCUT2D eigenvalue weighted by molar-refractivity contribution is 5.86. The minimum atomic E-state index is -1.05. The van der Waals surface area contributed by atoms with Crippen molar-refractivity contribution in [1.29, 1.82) is 0 Å². The Morgan fingerprint density at radius 3 is 3.12 bits per heavy atom. The second kappa shape index (κ2) is 4.82. The standard InChI is InChI=1S/C11H13N3O3/c15-10-2-1-8(14-10)6-13-7-3-4-12-9(5-7)11(16)17/h3-5,8H,1-2,6H2,(H,12,13)(H,14,15)(H,16,17). The Labute approximate surface area is 98.1 Å². The van der Waals surface area contributed by atoms with Gasteiger partial charge in [-0.1, -0.05) is 0 Å². The number of aromatic nitrogens is 1. The molecule has 1 aromatic heterocycles. The molecular weight excluding hydrogens is 222 g/mol. The number of rotatable bonds is 4. The molecule has 1 aliphatic heterocycles. The van der Waals surface area contributed by atoms with E-state index in [-0.39, 0.29) is 17.6 Å². The van der Waals surface area contributed by atoms with Gasteiger partial charge in [-0.25, -0.2) is 9.78 Å². The van der Waals surface area contributed by atoms with E-state index in [1.165, 1.54) is 12.3 Å². The Bertz CT molecular complexity index is 447. The van der Waals surface area contributed by atoms with Crippen LogP contribution in [0.1, 0.15) is 23.3 Å². The van der Waals surface area contributed by atoms with Crippen molar-refractivity contribution in [1.82, 2.24) is 10.3 Å². The average molecular weight is 235 g/mol. The summed E-state index contributed by atoms with van der Waals surface area (Å²) in [5, 5.41) is 14.7. The first kappa shape index (κ1) is 11.4. The topological polar surface area (TPSA) is 91.3 Å². The van der Waals surface area contributed by atoms with Crippen LogP contribution in [0.3, 0.4) is 0 Å². The Hall–Kier alpha value is -2.11. The summed E-state index contributed by atoms with van der Waals surface area (Å²) >= 11 is 0. The van der Waals surface area contributed by atoms with Crippen molar-refractivity contribution in [3.63, 3.8) is 0 Å². The van der Waals surface area contributed by atoms with E-state index in [0.717, 1.165) is 6.42 Å². The lowest BCUT2D eigenvalue weighted by molar-refractivity contribution is -0.119. The van der Waals surface area contributed by atoms with E-state index < -0.39 is 5.97 Å². The molecule has 0 bridgehead atoms. The maximum absolute atomic E-state index is 11.0. The quantitative estimate of drug-likeness (QED) is 0.705. The molecule has 90 valence electrons. The normalized spacial score (nSPS) is 18.8. The minimum Gasteiger partial charge on any atom is -0.477 e. The Balaban J connectivity index is 1.92. The fraction of sp³-hybridized carbons (Fsp3) is 0.364. The third-order valence-electron chi connectivity index (χ3n) is 2.62. The Kier molecular flexibility index (Phi) is 3.22. The molecule has 1 atom stereocenters. The summed E-state index contributed by atoms with van der Waals surface area (Å²) in [5.74, 6) is -0.986. The first-order valence-electron chi connectivity index (χ1n) is 5.38. The molecule has 1 fully saturated rings. The zero-order valence-electron chi connectivity index (χ0n) is 9.14. The van der Waals surface area contributed by atoms with Crippen LogP contribution < -0.4 is 10.6 Å². The number of carbonyl (C=O) groups is 2. The van der Waals surface area contributed by atoms with Crippen LogP contribution in [0, 0.1) is 0 Å². The highest BCUT2D eigenvalue weighted by Crippen LogP contribution is 2.11. The first-order valence-corrected chi connectivity index (χ1v) is 5.38. The van der Waals surface area contributed by atoms with Gasteiger partial charge < -0.3 is 15.7 Å². The number of anilines is 1. The van der Waals surface area contributed by atoms with E-state index >= 15 is 0 Å². The van der Waals surface area contributed by atoms with Crippen LogP contribution in [0.2, 0.25) is 0 Å². The Morgan fingerprint density at radius 1 is 1.65 bits per heavy atom. The average Bonchev–Trinajstić information content (AvgIpc) is 2.73. The molecule has 1 saturated heterocycles. The molecule has 0 radical (unpaired) electrons. The van der Waals surface area contributed by atoms with Crippen molar-refractivity contribution < 1.29 is 14.7 Å². The largest absolute Gasteiger partial charge is 0.477 e. The summed E-state index contributed by atoms with van der Waals surface area (Å²) in [5.41, 5.74) is 0.698. The fourth-order valence-corrected chi connectivity index (χ4v) is 1.73. The van der Waals surface area contributed by atoms with E-state index in [9.17, 15) is 9.59 Å². The number of hydrogen-bond donors (Lipinski definition) is 3. The molecule has 3 N–H and O–H groups in total. The van der Waals surface area contributed by atoms with Gasteiger partial charge in [0.05, 0.1) is 0 Å². The second-order valence-electron chi connectivity index (χ2n) is 3.92. The number of carbonyl (C=O) groups excluding carboxylic acids is 1. The van der Waals surface area contributed by atoms with Gasteiger partial charge in [-0.3, -0.25) is 4.79 Å². The summed E-state index contributed by atoms with van der Waals surface area (Å²) < 4.78 is 0. The zero-order valence-corrected chi connectivity index (χ0v) is 9.14. The van der Waals surface area contributed by atoms with Gasteiger partial charge in [-0.2, -0.15) is 0 Å². The molecule has 0 aromatic carbocycles. The lowest BCUT2D eigenvalue weighted by Crippen LogP contribution is -2.31. The van der Waals surface area contributed by atoms with E-state index in [4.69, 9.17) is 5.11 Å². The van der Waals surface area contributed by atoms with Gasteiger partial charge in [0.25, 0.3) is 0 Å². The lowest BCUT2D eigenvalue weighted by Gasteiger charge is -2.12. The van der Waals surface area contributed by atoms with Crippen LogP contribution in [-0.4, -0.2) is 34.6 Å². The van der Waals surface area contributed by atoms with Gasteiger partial charge in [-0.15, -0.1) is 0 Å². The van der Waals surface area contributed by atoms with Crippen molar-refractivity contribution in [3.05, 3.63) is 24.0 Å². The highest BCUT2D eigenvalue weighted by atomic mass is 16.4. The van der Waals surface area contributed by atoms with Crippen molar-refractivity contribution in [2.45, 2.75) is 18.9 Å². The summed E-state index contributed by atoms with van der Waals surface area (Å²) in [6.45, 7) is 0.592. The van der Waals surface area contributed by atoms with Gasteiger partial charge in [0, 0.05) is 30.9 Å². The molecular formula is C11H13N3O3. The number of carboxylic acids is 1. The van der Waals surface area contributed by atoms with Gasteiger partial charge in [0.1, 0.15) is 5.69 Å². The van der Waals surface area contributed by atoms with Gasteiger partial charge in [0.2, 0.25) is 5.91 Å². The van der Waals surface area contributed by atoms with Crippen LogP contribution in [0.4, 0.5) is 5.69 Å². The Morgan fingerprint density at radius 2 is 2.47 bits per heavy atom. The van der Waals surface area contributed by atoms with Crippen LogP contribution >= 0.6 is 0 Å². The second-order valence-corrected chi connectivity index (χ2v) is 3.92. The molecule has 2 heterocycles. The van der Waals surface area contributed by atoms with E-state index in [2.05, 4.69) is 15.6 Å². The summed E-state index contributed by atoms with van der Waals surface area (Å²) in [6, 6.07) is 3.28. The molecule has 1 unspecified atom stereocenters. The molecule has 0 saturated carbocycles.